The largest absolute Gasteiger partial charge is 0.496 e. The minimum Gasteiger partial charge on any atom is -0.496 e. The first-order valence-electron chi connectivity index (χ1n) is 10.5. The van der Waals surface area contributed by atoms with Crippen LogP contribution in [0.25, 0.3) is 5.57 Å². The van der Waals surface area contributed by atoms with E-state index in [1.807, 2.05) is 48.2 Å². The van der Waals surface area contributed by atoms with E-state index in [-0.39, 0.29) is 0 Å². The van der Waals surface area contributed by atoms with Crippen LogP contribution in [0.4, 0.5) is 5.69 Å². The Balaban J connectivity index is 2.07. The van der Waals surface area contributed by atoms with Crippen LogP contribution in [0.1, 0.15) is 42.5 Å². The average molecular weight is 402 g/mol. The summed E-state index contributed by atoms with van der Waals surface area (Å²) in [5, 5.41) is 10.9. The number of aliphatic hydroxyl groups is 1. The Morgan fingerprint density at radius 1 is 0.933 bits per heavy atom. The number of anilines is 1. The van der Waals surface area contributed by atoms with Gasteiger partial charge in [-0.2, -0.15) is 0 Å². The zero-order valence-electron chi connectivity index (χ0n) is 18.1. The van der Waals surface area contributed by atoms with Gasteiger partial charge in [-0.3, -0.25) is 0 Å². The van der Waals surface area contributed by atoms with Crippen molar-refractivity contribution >= 4 is 11.3 Å². The molecule has 3 rings (SSSR count). The van der Waals surface area contributed by atoms with Crippen molar-refractivity contribution in [2.24, 2.45) is 0 Å². The Morgan fingerprint density at radius 3 is 2.30 bits per heavy atom. The summed E-state index contributed by atoms with van der Waals surface area (Å²) < 4.78 is 5.63. The lowest BCUT2D eigenvalue weighted by atomic mass is 9.94. The molecule has 0 spiro atoms. The molecule has 0 saturated carbocycles. The van der Waals surface area contributed by atoms with E-state index >= 15 is 0 Å². The van der Waals surface area contributed by atoms with Gasteiger partial charge in [-0.05, 0) is 47.7 Å². The van der Waals surface area contributed by atoms with Crippen molar-refractivity contribution < 1.29 is 9.84 Å². The molecule has 3 aromatic rings. The van der Waals surface area contributed by atoms with Crippen molar-refractivity contribution in [3.05, 3.63) is 102 Å². The minimum atomic E-state index is -0.594. The van der Waals surface area contributed by atoms with Gasteiger partial charge < -0.3 is 14.7 Å². The first-order chi connectivity index (χ1) is 14.6. The van der Waals surface area contributed by atoms with Crippen LogP contribution in [-0.2, 0) is 13.0 Å². The monoisotopic (exact) mass is 401 g/mol. The first-order valence-corrected chi connectivity index (χ1v) is 10.5. The highest BCUT2D eigenvalue weighted by molar-refractivity contribution is 5.87. The lowest BCUT2D eigenvalue weighted by Crippen LogP contribution is -2.34. The summed E-state index contributed by atoms with van der Waals surface area (Å²) in [4.78, 5) is 2.05. The average Bonchev–Trinajstić information content (AvgIpc) is 2.81. The molecule has 0 amide bonds. The Bertz CT molecular complexity index is 981. The molecule has 1 unspecified atom stereocenters. The molecule has 0 aliphatic rings. The Hall–Kier alpha value is -3.04. The highest BCUT2D eigenvalue weighted by atomic mass is 16.5. The molecule has 30 heavy (non-hydrogen) atoms. The Labute approximate surface area is 180 Å². The molecule has 0 aliphatic heterocycles. The van der Waals surface area contributed by atoms with E-state index in [0.717, 1.165) is 40.1 Å². The van der Waals surface area contributed by atoms with Gasteiger partial charge >= 0.3 is 0 Å². The van der Waals surface area contributed by atoms with Crippen LogP contribution in [0, 0.1) is 0 Å². The molecule has 3 heteroatoms. The molecule has 0 radical (unpaired) electrons. The molecule has 156 valence electrons. The van der Waals surface area contributed by atoms with Gasteiger partial charge in [-0.25, -0.2) is 0 Å². The van der Waals surface area contributed by atoms with Gasteiger partial charge in [0.25, 0.3) is 0 Å². The van der Waals surface area contributed by atoms with E-state index in [4.69, 9.17) is 4.74 Å². The summed E-state index contributed by atoms with van der Waals surface area (Å²) in [7, 11) is 1.69. The molecule has 1 N–H and O–H groups in total. The van der Waals surface area contributed by atoms with Crippen molar-refractivity contribution in [3.8, 4) is 5.75 Å². The van der Waals surface area contributed by atoms with Crippen LogP contribution >= 0.6 is 0 Å². The number of hydrogen-bond donors (Lipinski definition) is 1. The van der Waals surface area contributed by atoms with E-state index in [0.29, 0.717) is 13.0 Å². The second-order valence-electron chi connectivity index (χ2n) is 7.39. The number of benzene rings is 3. The highest BCUT2D eigenvalue weighted by Crippen LogP contribution is 2.36. The number of methoxy groups -OCH3 is 1. The van der Waals surface area contributed by atoms with E-state index in [1.54, 1.807) is 7.11 Å². The number of aryl methyl sites for hydroxylation is 1. The van der Waals surface area contributed by atoms with Crippen molar-refractivity contribution in [2.75, 3.05) is 12.0 Å². The van der Waals surface area contributed by atoms with Crippen molar-refractivity contribution in [1.82, 2.24) is 0 Å². The second-order valence-corrected chi connectivity index (χ2v) is 7.39. The summed E-state index contributed by atoms with van der Waals surface area (Å²) in [5.74, 6) is 0.803. The standard InChI is InChI=1S/C27H31NO2/c1-5-21-16-17-26(30-4)24(18-21)20(3)23-14-10-11-15-25(23)28(27(29)6-2)19-22-12-8-7-9-13-22/h7-18,27,29H,3,5-6,19H2,1-2,4H3. The summed E-state index contributed by atoms with van der Waals surface area (Å²) in [6, 6.07) is 24.6. The molecule has 0 saturated heterocycles. The Morgan fingerprint density at radius 2 is 1.63 bits per heavy atom. The second kappa shape index (κ2) is 10.1. The van der Waals surface area contributed by atoms with Gasteiger partial charge in [0, 0.05) is 23.4 Å². The predicted molar refractivity (Wildman–Crippen MR) is 126 cm³/mol. The molecule has 0 aromatic heterocycles. The smallest absolute Gasteiger partial charge is 0.126 e. The van der Waals surface area contributed by atoms with Gasteiger partial charge in [0.2, 0.25) is 0 Å². The fraction of sp³-hybridized carbons (Fsp3) is 0.259. The maximum atomic E-state index is 10.9. The number of para-hydroxylation sites is 1. The van der Waals surface area contributed by atoms with Gasteiger partial charge in [0.05, 0.1) is 7.11 Å². The van der Waals surface area contributed by atoms with Gasteiger partial charge in [0.15, 0.2) is 0 Å². The molecular formula is C27H31NO2. The van der Waals surface area contributed by atoms with Crippen LogP contribution < -0.4 is 9.64 Å². The molecule has 0 heterocycles. The molecule has 3 aromatic carbocycles. The van der Waals surface area contributed by atoms with Gasteiger partial charge in [-0.1, -0.05) is 75.0 Å². The fourth-order valence-electron chi connectivity index (χ4n) is 3.69. The lowest BCUT2D eigenvalue weighted by Gasteiger charge is -2.32. The third-order valence-corrected chi connectivity index (χ3v) is 5.46. The summed E-state index contributed by atoms with van der Waals surface area (Å²) in [6.07, 6.45) is 0.978. The quantitative estimate of drug-likeness (QED) is 0.443. The molecule has 0 aliphatic carbocycles. The lowest BCUT2D eigenvalue weighted by molar-refractivity contribution is 0.162. The number of ether oxygens (including phenoxy) is 1. The molecule has 1 atom stereocenters. The maximum Gasteiger partial charge on any atom is 0.126 e. The number of hydrogen-bond acceptors (Lipinski definition) is 3. The Kier molecular flexibility index (Phi) is 7.31. The van der Waals surface area contributed by atoms with Crippen LogP contribution in [0.3, 0.4) is 0 Å². The number of rotatable bonds is 9. The van der Waals surface area contributed by atoms with Crippen LogP contribution in [0.5, 0.6) is 5.75 Å². The topological polar surface area (TPSA) is 32.7 Å². The van der Waals surface area contributed by atoms with Crippen molar-refractivity contribution in [1.29, 1.82) is 0 Å². The third-order valence-electron chi connectivity index (χ3n) is 5.46. The minimum absolute atomic E-state index is 0.594. The molecule has 0 bridgehead atoms. The van der Waals surface area contributed by atoms with Gasteiger partial charge in [0.1, 0.15) is 12.0 Å². The number of aliphatic hydroxyl groups excluding tert-OH is 1. The predicted octanol–water partition coefficient (Wildman–Crippen LogP) is 6.05. The molecule has 0 fully saturated rings. The fourth-order valence-corrected chi connectivity index (χ4v) is 3.69. The van der Waals surface area contributed by atoms with Crippen molar-refractivity contribution in [3.63, 3.8) is 0 Å². The van der Waals surface area contributed by atoms with E-state index in [2.05, 4.69) is 49.9 Å². The van der Waals surface area contributed by atoms with E-state index < -0.39 is 6.23 Å². The van der Waals surface area contributed by atoms with Crippen molar-refractivity contribution in [2.45, 2.75) is 39.5 Å². The maximum absolute atomic E-state index is 10.9. The van der Waals surface area contributed by atoms with Gasteiger partial charge in [-0.15, -0.1) is 0 Å². The van der Waals surface area contributed by atoms with Crippen LogP contribution in [0.2, 0.25) is 0 Å². The summed E-state index contributed by atoms with van der Waals surface area (Å²) in [6.45, 7) is 9.18. The normalized spacial score (nSPS) is 11.7. The summed E-state index contributed by atoms with van der Waals surface area (Å²) in [5.41, 5.74) is 6.21. The van der Waals surface area contributed by atoms with E-state index in [1.165, 1.54) is 5.56 Å². The third kappa shape index (κ3) is 4.74. The highest BCUT2D eigenvalue weighted by Gasteiger charge is 2.21. The summed E-state index contributed by atoms with van der Waals surface area (Å²) >= 11 is 0. The van der Waals surface area contributed by atoms with Crippen LogP contribution in [-0.4, -0.2) is 18.4 Å². The number of nitrogens with zero attached hydrogens (tertiary/aromatic N) is 1. The molecule has 3 nitrogen and oxygen atoms in total. The zero-order valence-corrected chi connectivity index (χ0v) is 18.1. The van der Waals surface area contributed by atoms with Crippen LogP contribution in [0.15, 0.2) is 79.4 Å². The SMILES string of the molecule is C=C(c1cc(CC)ccc1OC)c1ccccc1N(Cc1ccccc1)C(O)CC. The zero-order chi connectivity index (χ0) is 21.5. The first kappa shape index (κ1) is 21.7. The van der Waals surface area contributed by atoms with E-state index in [9.17, 15) is 5.11 Å². The molecular weight excluding hydrogens is 370 g/mol.